The Morgan fingerprint density at radius 1 is 1.26 bits per heavy atom. The van der Waals surface area contributed by atoms with Crippen LogP contribution in [0.25, 0.3) is 0 Å². The first-order valence-electron chi connectivity index (χ1n) is 7.43. The number of hydrogen-bond donors (Lipinski definition) is 2. The van der Waals surface area contributed by atoms with E-state index in [-0.39, 0.29) is 6.04 Å². The average Bonchev–Trinajstić information content (AvgIpc) is 2.35. The van der Waals surface area contributed by atoms with Crippen LogP contribution in [0.4, 0.5) is 0 Å². The molecular weight excluding hydrogens is 234 g/mol. The van der Waals surface area contributed by atoms with Crippen LogP contribution in [0.5, 0.6) is 5.75 Å². The standard InChI is InChI=1S/C17H27NO/c1-12-5-6-16(19)15(11-12)13(2)18-14-7-9-17(3,4)10-8-14/h5-6,11,13-14,18-19H,7-10H2,1-4H3. The van der Waals surface area contributed by atoms with Gasteiger partial charge in [-0.1, -0.05) is 31.5 Å². The SMILES string of the molecule is Cc1ccc(O)c(C(C)NC2CCC(C)(C)CC2)c1. The topological polar surface area (TPSA) is 32.3 Å². The van der Waals surface area contributed by atoms with Gasteiger partial charge in [-0.15, -0.1) is 0 Å². The lowest BCUT2D eigenvalue weighted by atomic mass is 9.75. The molecule has 0 amide bonds. The molecule has 0 aliphatic heterocycles. The molecular formula is C17H27NO. The van der Waals surface area contributed by atoms with Crippen molar-refractivity contribution in [1.82, 2.24) is 5.32 Å². The Hall–Kier alpha value is -1.02. The zero-order valence-electron chi connectivity index (χ0n) is 12.7. The Bertz CT molecular complexity index is 429. The lowest BCUT2D eigenvalue weighted by Gasteiger charge is -2.36. The largest absolute Gasteiger partial charge is 0.508 e. The van der Waals surface area contributed by atoms with Gasteiger partial charge >= 0.3 is 0 Å². The molecule has 1 aliphatic carbocycles. The molecule has 0 bridgehead atoms. The molecule has 0 heterocycles. The minimum atomic E-state index is 0.214. The highest BCUT2D eigenvalue weighted by atomic mass is 16.3. The Labute approximate surface area is 117 Å². The first kappa shape index (κ1) is 14.4. The molecule has 1 fully saturated rings. The molecule has 1 saturated carbocycles. The second-order valence-corrected chi connectivity index (χ2v) is 6.89. The third-order valence-electron chi connectivity index (χ3n) is 4.47. The summed E-state index contributed by atoms with van der Waals surface area (Å²) in [6.45, 7) is 8.94. The van der Waals surface area contributed by atoms with Crippen molar-refractivity contribution in [3.63, 3.8) is 0 Å². The van der Waals surface area contributed by atoms with Gasteiger partial charge in [0.15, 0.2) is 0 Å². The average molecular weight is 261 g/mol. The smallest absolute Gasteiger partial charge is 0.120 e. The van der Waals surface area contributed by atoms with Gasteiger partial charge in [0.05, 0.1) is 0 Å². The zero-order valence-corrected chi connectivity index (χ0v) is 12.7. The van der Waals surface area contributed by atoms with E-state index in [2.05, 4.69) is 39.1 Å². The number of rotatable bonds is 3. The summed E-state index contributed by atoms with van der Waals surface area (Å²) < 4.78 is 0. The summed E-state index contributed by atoms with van der Waals surface area (Å²) in [5, 5.41) is 13.7. The summed E-state index contributed by atoms with van der Waals surface area (Å²) in [6, 6.07) is 6.63. The van der Waals surface area contributed by atoms with Crippen molar-refractivity contribution in [2.24, 2.45) is 5.41 Å². The van der Waals surface area contributed by atoms with Crippen LogP contribution in [0.15, 0.2) is 18.2 Å². The molecule has 1 aromatic carbocycles. The maximum Gasteiger partial charge on any atom is 0.120 e. The Morgan fingerprint density at radius 2 is 1.89 bits per heavy atom. The molecule has 1 aliphatic rings. The highest BCUT2D eigenvalue weighted by Crippen LogP contribution is 2.36. The van der Waals surface area contributed by atoms with Crippen LogP contribution in [0.3, 0.4) is 0 Å². The van der Waals surface area contributed by atoms with Crippen molar-refractivity contribution >= 4 is 0 Å². The van der Waals surface area contributed by atoms with Gasteiger partial charge in [-0.05, 0) is 51.0 Å². The van der Waals surface area contributed by atoms with Crippen LogP contribution in [-0.2, 0) is 0 Å². The Balaban J connectivity index is 1.98. The Kier molecular flexibility index (Phi) is 4.19. The zero-order chi connectivity index (χ0) is 14.0. The summed E-state index contributed by atoms with van der Waals surface area (Å²) in [5.41, 5.74) is 2.73. The van der Waals surface area contributed by atoms with Gasteiger partial charge in [0.25, 0.3) is 0 Å². The third-order valence-corrected chi connectivity index (χ3v) is 4.47. The lowest BCUT2D eigenvalue weighted by molar-refractivity contribution is 0.199. The molecule has 0 spiro atoms. The van der Waals surface area contributed by atoms with Gasteiger partial charge in [0.2, 0.25) is 0 Å². The van der Waals surface area contributed by atoms with Gasteiger partial charge in [0, 0.05) is 17.6 Å². The van der Waals surface area contributed by atoms with E-state index >= 15 is 0 Å². The normalized spacial score (nSPS) is 21.3. The highest BCUT2D eigenvalue weighted by molar-refractivity contribution is 5.37. The number of aromatic hydroxyl groups is 1. The molecule has 2 nitrogen and oxygen atoms in total. The monoisotopic (exact) mass is 261 g/mol. The quantitative estimate of drug-likeness (QED) is 0.849. The van der Waals surface area contributed by atoms with Crippen LogP contribution in [-0.4, -0.2) is 11.1 Å². The minimum absolute atomic E-state index is 0.214. The van der Waals surface area contributed by atoms with E-state index < -0.39 is 0 Å². The number of hydrogen-bond acceptors (Lipinski definition) is 2. The highest BCUT2D eigenvalue weighted by Gasteiger charge is 2.27. The van der Waals surface area contributed by atoms with E-state index in [4.69, 9.17) is 0 Å². The fraction of sp³-hybridized carbons (Fsp3) is 0.647. The van der Waals surface area contributed by atoms with Crippen LogP contribution in [0.2, 0.25) is 0 Å². The van der Waals surface area contributed by atoms with Crippen molar-refractivity contribution in [3.05, 3.63) is 29.3 Å². The second-order valence-electron chi connectivity index (χ2n) is 6.89. The summed E-state index contributed by atoms with van der Waals surface area (Å²) in [4.78, 5) is 0. The second kappa shape index (κ2) is 5.54. The van der Waals surface area contributed by atoms with Gasteiger partial charge in [-0.2, -0.15) is 0 Å². The van der Waals surface area contributed by atoms with Crippen molar-refractivity contribution < 1.29 is 5.11 Å². The van der Waals surface area contributed by atoms with Crippen LogP contribution < -0.4 is 5.32 Å². The van der Waals surface area contributed by atoms with Crippen LogP contribution in [0.1, 0.15) is 63.6 Å². The van der Waals surface area contributed by atoms with E-state index in [0.29, 0.717) is 17.2 Å². The third kappa shape index (κ3) is 3.73. The number of phenols is 1. The van der Waals surface area contributed by atoms with Crippen molar-refractivity contribution in [3.8, 4) is 5.75 Å². The van der Waals surface area contributed by atoms with E-state index in [1.165, 1.54) is 31.2 Å². The van der Waals surface area contributed by atoms with Gasteiger partial charge < -0.3 is 10.4 Å². The molecule has 1 atom stereocenters. The van der Waals surface area contributed by atoms with E-state index in [1.807, 2.05) is 6.07 Å². The van der Waals surface area contributed by atoms with Crippen molar-refractivity contribution in [2.45, 2.75) is 65.5 Å². The van der Waals surface area contributed by atoms with Gasteiger partial charge in [-0.25, -0.2) is 0 Å². The predicted molar refractivity (Wildman–Crippen MR) is 80.4 cm³/mol. The number of aryl methyl sites for hydroxylation is 1. The number of benzene rings is 1. The molecule has 1 unspecified atom stereocenters. The van der Waals surface area contributed by atoms with Crippen LogP contribution >= 0.6 is 0 Å². The molecule has 106 valence electrons. The molecule has 2 heteroatoms. The van der Waals surface area contributed by atoms with Gasteiger partial charge in [-0.3, -0.25) is 0 Å². The lowest BCUT2D eigenvalue weighted by Crippen LogP contribution is -2.37. The maximum atomic E-state index is 9.98. The minimum Gasteiger partial charge on any atom is -0.508 e. The van der Waals surface area contributed by atoms with Crippen molar-refractivity contribution in [1.29, 1.82) is 0 Å². The first-order valence-corrected chi connectivity index (χ1v) is 7.43. The summed E-state index contributed by atoms with van der Waals surface area (Å²) in [7, 11) is 0. The molecule has 0 aromatic heterocycles. The van der Waals surface area contributed by atoms with E-state index in [0.717, 1.165) is 5.56 Å². The maximum absolute atomic E-state index is 9.98. The molecule has 2 N–H and O–H groups in total. The summed E-state index contributed by atoms with van der Waals surface area (Å²) in [5.74, 6) is 0.404. The van der Waals surface area contributed by atoms with Crippen molar-refractivity contribution in [2.75, 3.05) is 0 Å². The molecule has 1 aromatic rings. The molecule has 19 heavy (non-hydrogen) atoms. The van der Waals surface area contributed by atoms with E-state index in [9.17, 15) is 5.11 Å². The predicted octanol–water partition coefficient (Wildman–Crippen LogP) is 4.32. The fourth-order valence-corrected chi connectivity index (χ4v) is 3.03. The van der Waals surface area contributed by atoms with Crippen LogP contribution in [0, 0.1) is 12.3 Å². The first-order chi connectivity index (χ1) is 8.87. The fourth-order valence-electron chi connectivity index (χ4n) is 3.03. The Morgan fingerprint density at radius 3 is 2.53 bits per heavy atom. The number of nitrogens with one attached hydrogen (secondary N) is 1. The van der Waals surface area contributed by atoms with E-state index in [1.54, 1.807) is 6.07 Å². The summed E-state index contributed by atoms with van der Waals surface area (Å²) in [6.07, 6.45) is 5.06. The molecule has 2 rings (SSSR count). The molecule has 0 saturated heterocycles. The molecule has 0 radical (unpaired) electrons. The number of phenolic OH excluding ortho intramolecular Hbond substituents is 1. The van der Waals surface area contributed by atoms with Gasteiger partial charge in [0.1, 0.15) is 5.75 Å². The summed E-state index contributed by atoms with van der Waals surface area (Å²) >= 11 is 0.